The summed E-state index contributed by atoms with van der Waals surface area (Å²) in [5.74, 6) is 0. The van der Waals surface area contributed by atoms with Gasteiger partial charge in [0.1, 0.15) is 0 Å². The average Bonchev–Trinajstić information content (AvgIpc) is 3.00. The SMILES string of the molecule is C=CC(C)=CC.CNC.CNC.CNC.[C-]1=CC=CC1.[CH3-].[Ti+2]. The number of hydrogen-bond donors (Lipinski definition) is 3. The van der Waals surface area contributed by atoms with Crippen molar-refractivity contribution in [3.8, 4) is 0 Å². The van der Waals surface area contributed by atoms with Crippen molar-refractivity contribution in [2.24, 2.45) is 0 Å². The van der Waals surface area contributed by atoms with Crippen molar-refractivity contribution in [3.05, 3.63) is 56.0 Å². The van der Waals surface area contributed by atoms with Crippen LogP contribution in [-0.4, -0.2) is 42.3 Å². The van der Waals surface area contributed by atoms with Crippen LogP contribution in [0.1, 0.15) is 20.3 Å². The van der Waals surface area contributed by atoms with Crippen molar-refractivity contribution >= 4 is 0 Å². The molecule has 1 aliphatic carbocycles. The average molecular weight is 345 g/mol. The van der Waals surface area contributed by atoms with E-state index >= 15 is 0 Å². The molecule has 0 heterocycles. The molecule has 0 unspecified atom stereocenters. The van der Waals surface area contributed by atoms with Crippen LogP contribution < -0.4 is 16.0 Å². The molecule has 0 saturated carbocycles. The van der Waals surface area contributed by atoms with E-state index in [-0.39, 0.29) is 29.1 Å². The minimum absolute atomic E-state index is 0. The third kappa shape index (κ3) is 92.0. The van der Waals surface area contributed by atoms with Crippen molar-refractivity contribution in [1.82, 2.24) is 16.0 Å². The number of nitrogens with one attached hydrogen (secondary N) is 3. The Hall–Kier alpha value is -0.446. The molecule has 3 nitrogen and oxygen atoms in total. The van der Waals surface area contributed by atoms with E-state index in [4.69, 9.17) is 0 Å². The first kappa shape index (κ1) is 37.6. The fraction of sp³-hybridized carbons (Fsp3) is 0.500. The summed E-state index contributed by atoms with van der Waals surface area (Å²) < 4.78 is 0. The Bertz CT molecular complexity index is 220. The van der Waals surface area contributed by atoms with Crippen LogP contribution >= 0.6 is 0 Å². The van der Waals surface area contributed by atoms with Gasteiger partial charge in [0.15, 0.2) is 0 Å². The van der Waals surface area contributed by atoms with Crippen molar-refractivity contribution in [1.29, 1.82) is 0 Å². The molecular formula is C18H39N3Ti. The zero-order chi connectivity index (χ0) is 16.6. The summed E-state index contributed by atoms with van der Waals surface area (Å²) in [7, 11) is 11.2. The Balaban J connectivity index is -0.0000000369. The van der Waals surface area contributed by atoms with Gasteiger partial charge in [0, 0.05) is 0 Å². The number of rotatable bonds is 1. The second-order valence-corrected chi connectivity index (χ2v) is 3.74. The molecule has 4 heteroatoms. The van der Waals surface area contributed by atoms with E-state index in [1.54, 1.807) is 0 Å². The van der Waals surface area contributed by atoms with Crippen LogP contribution in [0.25, 0.3) is 0 Å². The smallest absolute Gasteiger partial charge is 0.358 e. The summed E-state index contributed by atoms with van der Waals surface area (Å²) >= 11 is 0. The van der Waals surface area contributed by atoms with Crippen LogP contribution in [0.4, 0.5) is 0 Å². The van der Waals surface area contributed by atoms with E-state index < -0.39 is 0 Å². The van der Waals surface area contributed by atoms with Gasteiger partial charge in [-0.15, -0.1) is 6.42 Å². The summed E-state index contributed by atoms with van der Waals surface area (Å²) in [6, 6.07) is 0. The molecule has 0 spiro atoms. The van der Waals surface area contributed by atoms with E-state index in [2.05, 4.69) is 34.7 Å². The summed E-state index contributed by atoms with van der Waals surface area (Å²) in [6.45, 7) is 7.58. The maximum Gasteiger partial charge on any atom is 2.00 e. The standard InChI is InChI=1S/C6H10.C5H5.3C2H7N.CH3.Ti/c1-4-6(3)5-2;1-2-4-5-3-1;3*1-3-2;;/h4-5H,1H2,2-3H3;1-3H,4H2;3*3H,1-2H3;1H3;/q;-1;;;;-1;+2. The molecule has 1 aliphatic rings. The largest absolute Gasteiger partial charge is 2.00 e. The molecule has 3 N–H and O–H groups in total. The van der Waals surface area contributed by atoms with E-state index in [0.717, 1.165) is 6.42 Å². The number of hydrogen-bond acceptors (Lipinski definition) is 3. The van der Waals surface area contributed by atoms with Gasteiger partial charge in [-0.25, -0.2) is 12.2 Å². The molecule has 0 aliphatic heterocycles. The second-order valence-electron chi connectivity index (χ2n) is 3.74. The quantitative estimate of drug-likeness (QED) is 0.387. The molecule has 0 amide bonds. The molecule has 130 valence electrons. The topological polar surface area (TPSA) is 36.1 Å². The predicted octanol–water partition coefficient (Wildman–Crippen LogP) is 3.40. The van der Waals surface area contributed by atoms with Crippen LogP contribution in [0.5, 0.6) is 0 Å². The van der Waals surface area contributed by atoms with Crippen LogP contribution in [0.3, 0.4) is 0 Å². The minimum Gasteiger partial charge on any atom is -0.358 e. The van der Waals surface area contributed by atoms with Crippen molar-refractivity contribution in [2.75, 3.05) is 42.3 Å². The Morgan fingerprint density at radius 2 is 1.41 bits per heavy atom. The molecule has 0 aromatic rings. The maximum absolute atomic E-state index is 3.56. The van der Waals surface area contributed by atoms with E-state index in [0.29, 0.717) is 0 Å². The molecule has 0 atom stereocenters. The summed E-state index contributed by atoms with van der Waals surface area (Å²) in [6.07, 6.45) is 13.9. The molecule has 0 saturated heterocycles. The maximum atomic E-state index is 3.56. The van der Waals surface area contributed by atoms with Crippen LogP contribution in [0.2, 0.25) is 0 Å². The van der Waals surface area contributed by atoms with Gasteiger partial charge in [0.25, 0.3) is 0 Å². The summed E-state index contributed by atoms with van der Waals surface area (Å²) in [4.78, 5) is 0. The molecule has 0 aromatic carbocycles. The minimum atomic E-state index is 0. The number of allylic oxidation sites excluding steroid dienone is 7. The Morgan fingerprint density at radius 3 is 1.45 bits per heavy atom. The van der Waals surface area contributed by atoms with E-state index in [1.165, 1.54) is 5.57 Å². The van der Waals surface area contributed by atoms with Gasteiger partial charge in [-0.05, 0) is 56.1 Å². The van der Waals surface area contributed by atoms with Crippen molar-refractivity contribution < 1.29 is 21.7 Å². The van der Waals surface area contributed by atoms with E-state index in [9.17, 15) is 0 Å². The second kappa shape index (κ2) is 49.9. The first-order valence-corrected chi connectivity index (χ1v) is 6.78. The fourth-order valence-electron chi connectivity index (χ4n) is 0.458. The normalized spacial score (nSPS) is 9.55. The molecule has 22 heavy (non-hydrogen) atoms. The van der Waals surface area contributed by atoms with Crippen LogP contribution in [0, 0.1) is 13.5 Å². The predicted molar refractivity (Wildman–Crippen MR) is 103 cm³/mol. The molecule has 0 bridgehead atoms. The summed E-state index contributed by atoms with van der Waals surface area (Å²) in [5.41, 5.74) is 1.23. The van der Waals surface area contributed by atoms with Gasteiger partial charge < -0.3 is 23.4 Å². The van der Waals surface area contributed by atoms with Gasteiger partial charge in [-0.2, -0.15) is 6.08 Å². The molecule has 0 radical (unpaired) electrons. The first-order chi connectivity index (χ1) is 9.55. The fourth-order valence-corrected chi connectivity index (χ4v) is 0.458. The first-order valence-electron chi connectivity index (χ1n) is 6.78. The summed E-state index contributed by atoms with van der Waals surface area (Å²) in [5, 5.41) is 8.25. The van der Waals surface area contributed by atoms with Gasteiger partial charge in [-0.3, -0.25) is 6.08 Å². The molecule has 1 rings (SSSR count). The van der Waals surface area contributed by atoms with Gasteiger partial charge in [0.2, 0.25) is 0 Å². The Kier molecular flexibility index (Phi) is 85.3. The van der Waals surface area contributed by atoms with Crippen molar-refractivity contribution in [2.45, 2.75) is 20.3 Å². The molecule has 0 aromatic heterocycles. The molecule has 0 fully saturated rings. The Labute approximate surface area is 156 Å². The van der Waals surface area contributed by atoms with Crippen LogP contribution in [0.15, 0.2) is 42.5 Å². The van der Waals surface area contributed by atoms with Gasteiger partial charge in [0.05, 0.1) is 0 Å². The third-order valence-electron chi connectivity index (χ3n) is 1.36. The monoisotopic (exact) mass is 345 g/mol. The van der Waals surface area contributed by atoms with Crippen molar-refractivity contribution in [3.63, 3.8) is 0 Å². The van der Waals surface area contributed by atoms with E-state index in [1.807, 2.05) is 80.4 Å². The zero-order valence-electron chi connectivity index (χ0n) is 16.3. The zero-order valence-corrected chi connectivity index (χ0v) is 17.9. The van der Waals surface area contributed by atoms with Gasteiger partial charge >= 0.3 is 21.7 Å². The van der Waals surface area contributed by atoms with Gasteiger partial charge in [-0.1, -0.05) is 24.3 Å². The third-order valence-corrected chi connectivity index (χ3v) is 1.36. The van der Waals surface area contributed by atoms with Crippen LogP contribution in [-0.2, 0) is 21.7 Å². The Morgan fingerprint density at radius 1 is 1.05 bits per heavy atom. The molecular weight excluding hydrogens is 306 g/mol.